The Morgan fingerprint density at radius 2 is 1.93 bits per heavy atom. The summed E-state index contributed by atoms with van der Waals surface area (Å²) < 4.78 is 1.17. The Bertz CT molecular complexity index is 961. The summed E-state index contributed by atoms with van der Waals surface area (Å²) >= 11 is 1.76. The van der Waals surface area contributed by atoms with Gasteiger partial charge in [0.1, 0.15) is 17.0 Å². The van der Waals surface area contributed by atoms with Crippen LogP contribution in [0.3, 0.4) is 0 Å². The summed E-state index contributed by atoms with van der Waals surface area (Å²) in [4.78, 5) is 17.1. The molecule has 0 amide bonds. The predicted molar refractivity (Wildman–Crippen MR) is 119 cm³/mol. The van der Waals surface area contributed by atoms with Crippen LogP contribution in [0.5, 0.6) is 0 Å². The van der Waals surface area contributed by atoms with E-state index in [1.54, 1.807) is 22.6 Å². The monoisotopic (exact) mass is 398 g/mol. The average Bonchev–Trinajstić information content (AvgIpc) is 3.33. The van der Waals surface area contributed by atoms with Crippen molar-refractivity contribution in [1.82, 2.24) is 15.0 Å². The molecule has 0 aromatic carbocycles. The number of thiophene rings is 1. The Hall–Kier alpha value is -1.79. The molecule has 1 aliphatic rings. The van der Waals surface area contributed by atoms with E-state index in [2.05, 4.69) is 36.1 Å². The van der Waals surface area contributed by atoms with Crippen LogP contribution in [0.1, 0.15) is 56.9 Å². The summed E-state index contributed by atoms with van der Waals surface area (Å²) in [7, 11) is 0. The molecule has 6 heteroatoms. The molecule has 0 unspecified atom stereocenters. The van der Waals surface area contributed by atoms with Crippen molar-refractivity contribution in [3.05, 3.63) is 23.1 Å². The minimum absolute atomic E-state index is 0.955. The van der Waals surface area contributed by atoms with Crippen molar-refractivity contribution in [2.45, 2.75) is 59.3 Å². The molecule has 0 saturated heterocycles. The third kappa shape index (κ3) is 3.60. The van der Waals surface area contributed by atoms with Crippen LogP contribution < -0.4 is 10.2 Å². The summed E-state index contributed by atoms with van der Waals surface area (Å²) in [6.07, 6.45) is 8.68. The molecule has 28 heavy (non-hydrogen) atoms. The second kappa shape index (κ2) is 8.70. The van der Waals surface area contributed by atoms with Crippen molar-refractivity contribution in [2.24, 2.45) is 0 Å². The number of pyridine rings is 1. The molecule has 0 spiro atoms. The highest BCUT2D eigenvalue weighted by Gasteiger charge is 2.23. The molecule has 0 fully saturated rings. The highest BCUT2D eigenvalue weighted by molar-refractivity contribution is 7.26. The molecule has 3 aromatic rings. The maximum absolute atomic E-state index is 5.08. The van der Waals surface area contributed by atoms with Crippen LogP contribution >= 0.6 is 11.3 Å². The maximum Gasteiger partial charge on any atom is 0.147 e. The van der Waals surface area contributed by atoms with Gasteiger partial charge in [0.05, 0.1) is 29.9 Å². The van der Waals surface area contributed by atoms with Gasteiger partial charge in [-0.1, -0.05) is 13.3 Å². The first-order valence-electron chi connectivity index (χ1n) is 10.9. The van der Waals surface area contributed by atoms with E-state index in [9.17, 15) is 0 Å². The van der Waals surface area contributed by atoms with Crippen LogP contribution in [0.4, 0.5) is 5.82 Å². The number of fused-ring (bicyclic) bond motifs is 5. The Labute approximate surface area is 171 Å². The van der Waals surface area contributed by atoms with Gasteiger partial charge in [0.25, 0.3) is 0 Å². The molecule has 0 saturated carbocycles. The highest BCUT2D eigenvalue weighted by Crippen LogP contribution is 2.41. The van der Waals surface area contributed by atoms with Gasteiger partial charge in [0.2, 0.25) is 0 Å². The van der Waals surface area contributed by atoms with Crippen LogP contribution in [-0.4, -0.2) is 41.1 Å². The van der Waals surface area contributed by atoms with E-state index in [0.29, 0.717) is 0 Å². The fraction of sp³-hybridized carbons (Fsp3) is 0.591. The number of nitrogens with zero attached hydrogens (tertiary/aromatic N) is 3. The van der Waals surface area contributed by atoms with E-state index in [0.717, 1.165) is 48.4 Å². The van der Waals surface area contributed by atoms with Gasteiger partial charge in [0, 0.05) is 24.0 Å². The van der Waals surface area contributed by atoms with E-state index in [4.69, 9.17) is 4.98 Å². The second-order valence-electron chi connectivity index (χ2n) is 7.79. The summed E-state index contributed by atoms with van der Waals surface area (Å²) in [6.45, 7) is 11.3. The molecule has 0 bridgehead atoms. The van der Waals surface area contributed by atoms with Gasteiger partial charge in [-0.3, -0.25) is 0 Å². The zero-order chi connectivity index (χ0) is 19.5. The normalized spacial score (nSPS) is 13.7. The van der Waals surface area contributed by atoms with Gasteiger partial charge in [-0.15, -0.1) is 11.3 Å². The summed E-state index contributed by atoms with van der Waals surface area (Å²) in [6, 6.07) is 0. The van der Waals surface area contributed by atoms with Crippen molar-refractivity contribution in [2.75, 3.05) is 31.5 Å². The topological polar surface area (TPSA) is 55.1 Å². The number of nitrogens with one attached hydrogen (secondary N) is 2. The fourth-order valence-corrected chi connectivity index (χ4v) is 5.64. The number of quaternary nitrogens is 1. The Morgan fingerprint density at radius 3 is 2.71 bits per heavy atom. The van der Waals surface area contributed by atoms with Crippen molar-refractivity contribution >= 4 is 37.6 Å². The third-order valence-electron chi connectivity index (χ3n) is 6.04. The van der Waals surface area contributed by atoms with Crippen molar-refractivity contribution in [3.63, 3.8) is 0 Å². The number of aryl methyl sites for hydroxylation is 2. The Kier molecular flexibility index (Phi) is 6.07. The zero-order valence-electron chi connectivity index (χ0n) is 17.4. The zero-order valence-corrected chi connectivity index (χ0v) is 18.2. The lowest BCUT2D eigenvalue weighted by molar-refractivity contribution is -0.896. The molecule has 2 N–H and O–H groups in total. The molecule has 3 aromatic heterocycles. The molecular formula is C22H32N5S+. The lowest BCUT2D eigenvalue weighted by atomic mass is 10.0. The van der Waals surface area contributed by atoms with E-state index in [1.807, 2.05) is 0 Å². The highest BCUT2D eigenvalue weighted by atomic mass is 32.1. The van der Waals surface area contributed by atoms with E-state index in [-0.39, 0.29) is 0 Å². The fourth-order valence-electron chi connectivity index (χ4n) is 4.49. The van der Waals surface area contributed by atoms with Crippen LogP contribution in [0.2, 0.25) is 0 Å². The van der Waals surface area contributed by atoms with Crippen molar-refractivity contribution in [3.8, 4) is 0 Å². The second-order valence-corrected chi connectivity index (χ2v) is 8.79. The van der Waals surface area contributed by atoms with Crippen LogP contribution in [0.15, 0.2) is 6.33 Å². The number of anilines is 1. The minimum Gasteiger partial charge on any atom is -0.369 e. The summed E-state index contributed by atoms with van der Waals surface area (Å²) in [5.74, 6) is 0.978. The lowest BCUT2D eigenvalue weighted by Gasteiger charge is -2.15. The lowest BCUT2D eigenvalue weighted by Crippen LogP contribution is -3.11. The molecule has 150 valence electrons. The molecule has 1 aliphatic carbocycles. The van der Waals surface area contributed by atoms with Crippen LogP contribution in [0.25, 0.3) is 20.4 Å². The van der Waals surface area contributed by atoms with Crippen molar-refractivity contribution < 1.29 is 4.90 Å². The number of hydrogen-bond donors (Lipinski definition) is 2. The molecular weight excluding hydrogens is 366 g/mol. The smallest absolute Gasteiger partial charge is 0.147 e. The molecule has 0 radical (unpaired) electrons. The van der Waals surface area contributed by atoms with E-state index >= 15 is 0 Å². The number of aromatic nitrogens is 3. The van der Waals surface area contributed by atoms with Gasteiger partial charge < -0.3 is 10.2 Å². The molecule has 5 nitrogen and oxygen atoms in total. The summed E-state index contributed by atoms with van der Waals surface area (Å²) in [5, 5.41) is 4.87. The number of rotatable bonds is 9. The van der Waals surface area contributed by atoms with Gasteiger partial charge in [0.15, 0.2) is 0 Å². The van der Waals surface area contributed by atoms with E-state index in [1.165, 1.54) is 59.4 Å². The quantitative estimate of drug-likeness (QED) is 0.543. The first-order chi connectivity index (χ1) is 13.8. The standard InChI is InChI=1S/C22H31N5S/c1-4-9-17-15-10-7-11-16(15)18-19-20(28-22(18)26-17)21(25-14-24-19)23-12-8-13-27(5-2)6-3/h14H,4-13H2,1-3H3,(H,23,24,25)/p+1. The SMILES string of the molecule is CCCc1nc2sc3c(NCCC[NH+](CC)CC)ncnc3c2c2c1CCC2. The predicted octanol–water partition coefficient (Wildman–Crippen LogP) is 3.41. The van der Waals surface area contributed by atoms with Crippen molar-refractivity contribution in [1.29, 1.82) is 0 Å². The van der Waals surface area contributed by atoms with Gasteiger partial charge in [-0.05, 0) is 50.7 Å². The molecule has 4 rings (SSSR count). The Balaban J connectivity index is 1.65. The maximum atomic E-state index is 5.08. The van der Waals surface area contributed by atoms with Gasteiger partial charge in [-0.2, -0.15) is 0 Å². The molecule has 0 aliphatic heterocycles. The molecule has 0 atom stereocenters. The first kappa shape index (κ1) is 19.5. The average molecular weight is 399 g/mol. The van der Waals surface area contributed by atoms with Crippen LogP contribution in [-0.2, 0) is 19.3 Å². The van der Waals surface area contributed by atoms with Crippen LogP contribution in [0, 0.1) is 0 Å². The Morgan fingerprint density at radius 1 is 1.11 bits per heavy atom. The number of hydrogen-bond acceptors (Lipinski definition) is 5. The summed E-state index contributed by atoms with van der Waals surface area (Å²) in [5.41, 5.74) is 5.43. The van der Waals surface area contributed by atoms with Gasteiger partial charge in [-0.25, -0.2) is 15.0 Å². The first-order valence-corrected chi connectivity index (χ1v) is 11.7. The minimum atomic E-state index is 0.955. The van der Waals surface area contributed by atoms with Gasteiger partial charge >= 0.3 is 0 Å². The van der Waals surface area contributed by atoms with E-state index < -0.39 is 0 Å². The largest absolute Gasteiger partial charge is 0.369 e. The third-order valence-corrected chi connectivity index (χ3v) is 7.12. The molecule has 3 heterocycles.